The summed E-state index contributed by atoms with van der Waals surface area (Å²) in [5, 5.41) is 2.78. The number of pyridine rings is 2. The second kappa shape index (κ2) is 8.34. The first-order valence-corrected chi connectivity index (χ1v) is 10.6. The van der Waals surface area contributed by atoms with Crippen LogP contribution in [0.5, 0.6) is 0 Å². The summed E-state index contributed by atoms with van der Waals surface area (Å²) in [5.74, 6) is 0.0905. The van der Waals surface area contributed by atoms with Crippen molar-refractivity contribution in [2.75, 3.05) is 6.26 Å². The summed E-state index contributed by atoms with van der Waals surface area (Å²) in [4.78, 5) is 13.4. The lowest BCUT2D eigenvalue weighted by molar-refractivity contribution is 0.485. The lowest BCUT2D eigenvalue weighted by atomic mass is 10.2. The summed E-state index contributed by atoms with van der Waals surface area (Å²) in [5.41, 5.74) is 2.17. The fourth-order valence-corrected chi connectivity index (χ4v) is 3.72. The Morgan fingerprint density at radius 3 is 2.25 bits per heavy atom. The fourth-order valence-electron chi connectivity index (χ4n) is 2.43. The zero-order valence-electron chi connectivity index (χ0n) is 14.6. The van der Waals surface area contributed by atoms with Crippen molar-refractivity contribution in [3.8, 4) is 22.7 Å². The smallest absolute Gasteiger partial charge is 0.228 e. The molecule has 3 aromatic heterocycles. The van der Waals surface area contributed by atoms with E-state index < -0.39 is 0 Å². The normalized spacial score (nSPS) is 11.0. The molecular formula is C20H13ClFN3OS2. The molecule has 4 nitrogen and oxygen atoms in total. The molecule has 4 aromatic rings. The summed E-state index contributed by atoms with van der Waals surface area (Å²) in [6, 6.07) is 13.5. The average molecular weight is 430 g/mol. The molecule has 4 rings (SSSR count). The van der Waals surface area contributed by atoms with Gasteiger partial charge in [0, 0.05) is 23.5 Å². The predicted molar refractivity (Wildman–Crippen MR) is 110 cm³/mol. The van der Waals surface area contributed by atoms with Crippen LogP contribution in [0, 0.1) is 5.82 Å². The molecule has 0 aliphatic rings. The Hall–Kier alpha value is -2.35. The van der Waals surface area contributed by atoms with Crippen LogP contribution >= 0.6 is 35.1 Å². The van der Waals surface area contributed by atoms with Crippen LogP contribution in [0.1, 0.15) is 0 Å². The van der Waals surface area contributed by atoms with E-state index in [2.05, 4.69) is 15.0 Å². The molecular weight excluding hydrogens is 417 g/mol. The predicted octanol–water partition coefficient (Wildman–Crippen LogP) is 6.46. The van der Waals surface area contributed by atoms with Crippen molar-refractivity contribution < 1.29 is 8.81 Å². The number of hydrogen-bond acceptors (Lipinski definition) is 6. The Kier molecular flexibility index (Phi) is 5.66. The molecule has 3 heterocycles. The van der Waals surface area contributed by atoms with Gasteiger partial charge in [0.25, 0.3) is 0 Å². The summed E-state index contributed by atoms with van der Waals surface area (Å²) < 4.78 is 19.3. The van der Waals surface area contributed by atoms with Gasteiger partial charge in [0.15, 0.2) is 5.09 Å². The van der Waals surface area contributed by atoms with Crippen molar-refractivity contribution >= 4 is 35.1 Å². The van der Waals surface area contributed by atoms with Crippen LogP contribution in [0.3, 0.4) is 0 Å². The first kappa shape index (κ1) is 19.0. The van der Waals surface area contributed by atoms with Crippen molar-refractivity contribution in [2.45, 2.75) is 15.1 Å². The number of hydrogen-bond donors (Lipinski definition) is 0. The maximum Gasteiger partial charge on any atom is 0.228 e. The van der Waals surface area contributed by atoms with E-state index >= 15 is 0 Å². The van der Waals surface area contributed by atoms with Crippen LogP contribution in [-0.2, 0) is 0 Å². The highest BCUT2D eigenvalue weighted by atomic mass is 35.5. The minimum Gasteiger partial charge on any atom is -0.429 e. The molecule has 0 bridgehead atoms. The van der Waals surface area contributed by atoms with E-state index in [-0.39, 0.29) is 5.82 Å². The Labute approximate surface area is 174 Å². The molecule has 0 spiro atoms. The van der Waals surface area contributed by atoms with E-state index in [9.17, 15) is 4.39 Å². The third kappa shape index (κ3) is 4.22. The fraction of sp³-hybridized carbons (Fsp3) is 0.0500. The van der Waals surface area contributed by atoms with Crippen molar-refractivity contribution in [1.29, 1.82) is 0 Å². The van der Waals surface area contributed by atoms with Gasteiger partial charge in [-0.15, -0.1) is 11.8 Å². The van der Waals surface area contributed by atoms with Crippen LogP contribution in [0.15, 0.2) is 80.5 Å². The summed E-state index contributed by atoms with van der Waals surface area (Å²) in [7, 11) is 0. The number of rotatable bonds is 5. The lowest BCUT2D eigenvalue weighted by Gasteiger charge is -2.02. The number of benzene rings is 1. The molecule has 140 valence electrons. The number of thioether (sulfide) groups is 1. The maximum atomic E-state index is 13.3. The summed E-state index contributed by atoms with van der Waals surface area (Å²) in [6.07, 6.45) is 5.31. The number of aromatic nitrogens is 3. The quantitative estimate of drug-likeness (QED) is 0.339. The highest BCUT2D eigenvalue weighted by Gasteiger charge is 2.18. The molecule has 1 aromatic carbocycles. The highest BCUT2D eigenvalue weighted by molar-refractivity contribution is 7.99. The molecule has 0 aliphatic heterocycles. The van der Waals surface area contributed by atoms with Gasteiger partial charge < -0.3 is 4.42 Å². The van der Waals surface area contributed by atoms with Gasteiger partial charge in [0.1, 0.15) is 16.5 Å². The first-order chi connectivity index (χ1) is 13.6. The van der Waals surface area contributed by atoms with Crippen LogP contribution in [0.25, 0.3) is 22.7 Å². The molecule has 0 saturated heterocycles. The molecule has 0 fully saturated rings. The molecule has 0 amide bonds. The Bertz CT molecular complexity index is 1080. The Morgan fingerprint density at radius 1 is 0.893 bits per heavy atom. The molecule has 0 atom stereocenters. The van der Waals surface area contributed by atoms with Crippen LogP contribution < -0.4 is 0 Å². The van der Waals surface area contributed by atoms with Crippen molar-refractivity contribution in [1.82, 2.24) is 15.0 Å². The summed E-state index contributed by atoms with van der Waals surface area (Å²) in [6.45, 7) is 0. The van der Waals surface area contributed by atoms with Gasteiger partial charge >= 0.3 is 0 Å². The van der Waals surface area contributed by atoms with Gasteiger partial charge in [-0.25, -0.2) is 19.3 Å². The van der Waals surface area contributed by atoms with Crippen LogP contribution in [-0.4, -0.2) is 21.2 Å². The van der Waals surface area contributed by atoms with Crippen LogP contribution in [0.2, 0.25) is 5.02 Å². The van der Waals surface area contributed by atoms with Gasteiger partial charge in [0.05, 0.1) is 10.0 Å². The largest absolute Gasteiger partial charge is 0.429 e. The maximum absolute atomic E-state index is 13.3. The average Bonchev–Trinajstić information content (AvgIpc) is 3.14. The van der Waals surface area contributed by atoms with Crippen molar-refractivity contribution in [3.63, 3.8) is 0 Å². The van der Waals surface area contributed by atoms with E-state index in [0.717, 1.165) is 15.6 Å². The highest BCUT2D eigenvalue weighted by Crippen LogP contribution is 2.38. The number of oxazole rings is 1. The Morgan fingerprint density at radius 2 is 1.61 bits per heavy atom. The topological polar surface area (TPSA) is 51.8 Å². The standard InChI is InChI=1S/C20H13ClFN3OS2/c1-27-16-8-4-13(10-23-16)18-20(28-17-9-5-14(21)11-24-17)26-19(25-18)12-2-6-15(22)7-3-12/h2-11H,1H3. The van der Waals surface area contributed by atoms with Gasteiger partial charge in [-0.1, -0.05) is 11.6 Å². The second-order valence-electron chi connectivity index (χ2n) is 5.67. The number of halogens is 2. The van der Waals surface area contributed by atoms with Crippen LogP contribution in [0.4, 0.5) is 4.39 Å². The molecule has 8 heteroatoms. The third-order valence-electron chi connectivity index (χ3n) is 3.80. The van der Waals surface area contributed by atoms with E-state index in [1.165, 1.54) is 23.9 Å². The van der Waals surface area contributed by atoms with Gasteiger partial charge in [-0.3, -0.25) is 0 Å². The zero-order chi connectivity index (χ0) is 19.5. The molecule has 0 radical (unpaired) electrons. The molecule has 0 aliphatic carbocycles. The molecule has 0 N–H and O–H groups in total. The van der Waals surface area contributed by atoms with E-state index in [0.29, 0.717) is 27.3 Å². The molecule has 0 saturated carbocycles. The van der Waals surface area contributed by atoms with Gasteiger partial charge in [0.2, 0.25) is 5.89 Å². The monoisotopic (exact) mass is 429 g/mol. The van der Waals surface area contributed by atoms with Gasteiger partial charge in [-0.05, 0) is 66.5 Å². The molecule has 28 heavy (non-hydrogen) atoms. The Balaban J connectivity index is 1.76. The number of nitrogens with zero attached hydrogens (tertiary/aromatic N) is 3. The molecule has 0 unspecified atom stereocenters. The third-order valence-corrected chi connectivity index (χ3v) is 5.60. The van der Waals surface area contributed by atoms with E-state index in [4.69, 9.17) is 16.0 Å². The van der Waals surface area contributed by atoms with E-state index in [1.807, 2.05) is 24.5 Å². The summed E-state index contributed by atoms with van der Waals surface area (Å²) >= 11 is 8.83. The second-order valence-corrected chi connectivity index (χ2v) is 7.92. The minimum absolute atomic E-state index is 0.313. The van der Waals surface area contributed by atoms with E-state index in [1.54, 1.807) is 42.4 Å². The SMILES string of the molecule is CSc1ccc(-c2nc(-c3ccc(F)cc3)oc2Sc2ccc(Cl)cn2)cn1. The van der Waals surface area contributed by atoms with Crippen molar-refractivity contribution in [2.24, 2.45) is 0 Å². The van der Waals surface area contributed by atoms with Crippen molar-refractivity contribution in [3.05, 3.63) is 71.8 Å². The van der Waals surface area contributed by atoms with Gasteiger partial charge in [-0.2, -0.15) is 0 Å². The minimum atomic E-state index is -0.313. The zero-order valence-corrected chi connectivity index (χ0v) is 17.0. The first-order valence-electron chi connectivity index (χ1n) is 8.19. The lowest BCUT2D eigenvalue weighted by Crippen LogP contribution is -1.85.